The summed E-state index contributed by atoms with van der Waals surface area (Å²) in [6, 6.07) is 13.2. The molecule has 2 aliphatic heterocycles. The van der Waals surface area contributed by atoms with Crippen LogP contribution in [0, 0.1) is 0 Å². The van der Waals surface area contributed by atoms with Gasteiger partial charge in [-0.3, -0.25) is 0 Å². The number of fused-ring (bicyclic) bond motifs is 1. The predicted octanol–water partition coefficient (Wildman–Crippen LogP) is 3.13. The number of hydrogen-bond donors (Lipinski definition) is 4. The van der Waals surface area contributed by atoms with E-state index in [9.17, 15) is 8.42 Å². The van der Waals surface area contributed by atoms with Crippen molar-refractivity contribution in [1.29, 1.82) is 0 Å². The highest BCUT2D eigenvalue weighted by molar-refractivity contribution is 7.89. The summed E-state index contributed by atoms with van der Waals surface area (Å²) in [6.45, 7) is 5.36. The quantitative estimate of drug-likeness (QED) is 0.346. The number of nitrogens with zero attached hydrogens (tertiary/aromatic N) is 3. The van der Waals surface area contributed by atoms with Crippen LogP contribution in [0.25, 0.3) is 0 Å². The van der Waals surface area contributed by atoms with Gasteiger partial charge in [-0.1, -0.05) is 18.2 Å². The van der Waals surface area contributed by atoms with E-state index in [1.807, 2.05) is 30.3 Å². The van der Waals surface area contributed by atoms with Crippen LogP contribution in [0.3, 0.4) is 0 Å². The number of methoxy groups -OCH3 is 1. The Morgan fingerprint density at radius 3 is 2.65 bits per heavy atom. The number of sulfonamides is 1. The molecule has 0 saturated carbocycles. The van der Waals surface area contributed by atoms with E-state index in [-0.39, 0.29) is 0 Å². The minimum atomic E-state index is -3.77. The number of ether oxygens (including phenoxy) is 2. The fourth-order valence-corrected chi connectivity index (χ4v) is 5.08. The highest BCUT2D eigenvalue weighted by atomic mass is 32.2. The maximum Gasteiger partial charge on any atom is 0.231 e. The lowest BCUT2D eigenvalue weighted by atomic mass is 10.1. The molecule has 2 aliphatic rings. The molecule has 196 valence electrons. The first-order chi connectivity index (χ1) is 17.8. The smallest absolute Gasteiger partial charge is 0.231 e. The Kier molecular flexibility index (Phi) is 7.04. The van der Waals surface area contributed by atoms with E-state index in [1.165, 1.54) is 0 Å². The lowest BCUT2D eigenvalue weighted by Crippen LogP contribution is -2.36. The van der Waals surface area contributed by atoms with Crippen LogP contribution in [0.4, 0.5) is 34.6 Å². The van der Waals surface area contributed by atoms with Gasteiger partial charge in [0.2, 0.25) is 16.0 Å². The SMILES string of the molecule is COc1cc(N2CCOCC2)ccc1Nc1nc2c(c(Nc3ccccc3C(C)S(N)(=O)=O)n1)CCN2. The van der Waals surface area contributed by atoms with Gasteiger partial charge in [0.25, 0.3) is 0 Å². The van der Waals surface area contributed by atoms with Crippen molar-refractivity contribution >= 4 is 44.7 Å². The molecule has 1 aromatic heterocycles. The first-order valence-corrected chi connectivity index (χ1v) is 13.7. The van der Waals surface area contributed by atoms with Gasteiger partial charge in [0, 0.05) is 42.6 Å². The predicted molar refractivity (Wildman–Crippen MR) is 145 cm³/mol. The Labute approximate surface area is 216 Å². The number of benzene rings is 2. The number of nitrogens with two attached hydrogens (primary N) is 1. The van der Waals surface area contributed by atoms with E-state index in [0.29, 0.717) is 42.0 Å². The summed E-state index contributed by atoms with van der Waals surface area (Å²) in [7, 11) is -2.14. The molecule has 3 heterocycles. The van der Waals surface area contributed by atoms with Crippen LogP contribution in [-0.2, 0) is 21.2 Å². The summed E-state index contributed by atoms with van der Waals surface area (Å²) in [5, 5.41) is 14.5. The Bertz CT molecular complexity index is 1390. The Morgan fingerprint density at radius 1 is 1.11 bits per heavy atom. The van der Waals surface area contributed by atoms with E-state index >= 15 is 0 Å². The van der Waals surface area contributed by atoms with Crippen molar-refractivity contribution in [2.24, 2.45) is 5.14 Å². The van der Waals surface area contributed by atoms with Gasteiger partial charge in [0.1, 0.15) is 17.4 Å². The molecule has 12 heteroatoms. The summed E-state index contributed by atoms with van der Waals surface area (Å²) < 4.78 is 35.2. The van der Waals surface area contributed by atoms with Gasteiger partial charge < -0.3 is 30.3 Å². The van der Waals surface area contributed by atoms with Crippen LogP contribution in [0.1, 0.15) is 23.3 Å². The van der Waals surface area contributed by atoms with Crippen LogP contribution in [0.2, 0.25) is 0 Å². The molecule has 0 amide bonds. The second-order valence-electron chi connectivity index (χ2n) is 8.95. The number of rotatable bonds is 8. The van der Waals surface area contributed by atoms with Crippen molar-refractivity contribution in [1.82, 2.24) is 9.97 Å². The zero-order chi connectivity index (χ0) is 26.0. The standard InChI is InChI=1S/C25H31N7O4S/c1-16(37(26,33)34)18-5-3-4-6-20(18)28-24-19-9-10-27-23(19)30-25(31-24)29-21-8-7-17(15-22(21)35-2)32-11-13-36-14-12-32/h3-8,15-16H,9-14H2,1-2H3,(H2,26,33,34)(H3,27,28,29,30,31). The lowest BCUT2D eigenvalue weighted by molar-refractivity contribution is 0.122. The van der Waals surface area contributed by atoms with Crippen LogP contribution in [0.5, 0.6) is 5.75 Å². The number of hydrogen-bond acceptors (Lipinski definition) is 10. The van der Waals surface area contributed by atoms with Gasteiger partial charge in [-0.15, -0.1) is 0 Å². The third-order valence-electron chi connectivity index (χ3n) is 6.63. The molecule has 1 unspecified atom stereocenters. The van der Waals surface area contributed by atoms with Crippen LogP contribution < -0.4 is 30.7 Å². The normalized spacial score (nSPS) is 16.0. The van der Waals surface area contributed by atoms with Crippen molar-refractivity contribution in [2.45, 2.75) is 18.6 Å². The average Bonchev–Trinajstić information content (AvgIpc) is 3.38. The number of anilines is 6. The van der Waals surface area contributed by atoms with Gasteiger partial charge in [-0.05, 0) is 37.1 Å². The molecular weight excluding hydrogens is 494 g/mol. The maximum absolute atomic E-state index is 12.0. The molecular formula is C25H31N7O4S. The summed E-state index contributed by atoms with van der Waals surface area (Å²) in [5.41, 5.74) is 3.91. The highest BCUT2D eigenvalue weighted by Gasteiger charge is 2.24. The Hall–Kier alpha value is -3.61. The first kappa shape index (κ1) is 25.1. The highest BCUT2D eigenvalue weighted by Crippen LogP contribution is 2.36. The molecule has 37 heavy (non-hydrogen) atoms. The summed E-state index contributed by atoms with van der Waals surface area (Å²) in [5.74, 6) is 2.37. The molecule has 0 aliphatic carbocycles. The van der Waals surface area contributed by atoms with Crippen LogP contribution in [0.15, 0.2) is 42.5 Å². The molecule has 0 bridgehead atoms. The fourth-order valence-electron chi connectivity index (χ4n) is 4.52. The number of aromatic nitrogens is 2. The second kappa shape index (κ2) is 10.4. The van der Waals surface area contributed by atoms with Gasteiger partial charge >= 0.3 is 0 Å². The van der Waals surface area contributed by atoms with Gasteiger partial charge in [-0.2, -0.15) is 9.97 Å². The largest absolute Gasteiger partial charge is 0.494 e. The van der Waals surface area contributed by atoms with Gasteiger partial charge in [0.05, 0.1) is 31.3 Å². The summed E-state index contributed by atoms with van der Waals surface area (Å²) in [6.07, 6.45) is 0.739. The molecule has 1 atom stereocenters. The molecule has 5 N–H and O–H groups in total. The molecule has 5 rings (SSSR count). The fraction of sp³-hybridized carbons (Fsp3) is 0.360. The maximum atomic E-state index is 12.0. The Balaban J connectivity index is 1.45. The van der Waals surface area contributed by atoms with Crippen molar-refractivity contribution in [3.63, 3.8) is 0 Å². The molecule has 0 radical (unpaired) electrons. The monoisotopic (exact) mass is 525 g/mol. The van der Waals surface area contributed by atoms with E-state index in [0.717, 1.165) is 48.8 Å². The third-order valence-corrected chi connectivity index (χ3v) is 7.87. The first-order valence-electron chi connectivity index (χ1n) is 12.1. The van der Waals surface area contributed by atoms with Crippen LogP contribution in [-0.4, -0.2) is 58.3 Å². The molecule has 0 spiro atoms. The number of nitrogens with one attached hydrogen (secondary N) is 3. The van der Waals surface area contributed by atoms with Crippen molar-refractivity contribution in [2.75, 3.05) is 60.8 Å². The summed E-state index contributed by atoms with van der Waals surface area (Å²) >= 11 is 0. The molecule has 11 nitrogen and oxygen atoms in total. The molecule has 3 aromatic rings. The average molecular weight is 526 g/mol. The minimum Gasteiger partial charge on any atom is -0.494 e. The zero-order valence-corrected chi connectivity index (χ0v) is 21.6. The zero-order valence-electron chi connectivity index (χ0n) is 20.8. The van der Waals surface area contributed by atoms with Crippen molar-refractivity contribution in [3.8, 4) is 5.75 Å². The lowest BCUT2D eigenvalue weighted by Gasteiger charge is -2.29. The van der Waals surface area contributed by atoms with Crippen molar-refractivity contribution in [3.05, 3.63) is 53.6 Å². The van der Waals surface area contributed by atoms with E-state index in [4.69, 9.17) is 19.6 Å². The molecule has 1 fully saturated rings. The topological polar surface area (TPSA) is 144 Å². The molecule has 1 saturated heterocycles. The number of morpholine rings is 1. The van der Waals surface area contributed by atoms with E-state index in [1.54, 1.807) is 26.2 Å². The minimum absolute atomic E-state index is 0.380. The second-order valence-corrected chi connectivity index (χ2v) is 10.8. The van der Waals surface area contributed by atoms with E-state index < -0.39 is 15.3 Å². The number of primary sulfonamides is 1. The Morgan fingerprint density at radius 2 is 1.89 bits per heavy atom. The molecule has 2 aromatic carbocycles. The summed E-state index contributed by atoms with van der Waals surface area (Å²) in [4.78, 5) is 11.7. The van der Waals surface area contributed by atoms with Gasteiger partial charge in [-0.25, -0.2) is 13.6 Å². The van der Waals surface area contributed by atoms with E-state index in [2.05, 4.69) is 25.8 Å². The third kappa shape index (κ3) is 5.41. The van der Waals surface area contributed by atoms with Gasteiger partial charge in [0.15, 0.2) is 0 Å². The number of para-hydroxylation sites is 1. The van der Waals surface area contributed by atoms with Crippen LogP contribution >= 0.6 is 0 Å². The van der Waals surface area contributed by atoms with Crippen molar-refractivity contribution < 1.29 is 17.9 Å².